The summed E-state index contributed by atoms with van der Waals surface area (Å²) >= 11 is 0. The minimum absolute atomic E-state index is 0. The van der Waals surface area contributed by atoms with Crippen LogP contribution in [0.1, 0.15) is 62.5 Å². The topological polar surface area (TPSA) is 75.8 Å². The third-order valence-corrected chi connectivity index (χ3v) is 9.07. The molecule has 182 valence electrons. The van der Waals surface area contributed by atoms with Crippen molar-refractivity contribution in [2.45, 2.75) is 74.8 Å². The van der Waals surface area contributed by atoms with Crippen molar-refractivity contribution in [3.63, 3.8) is 0 Å². The molecule has 6 rings (SSSR count). The number of likely N-dealkylation sites (tertiary alicyclic amines) is 1. The molecule has 0 aromatic heterocycles. The average molecular weight is 485 g/mol. The van der Waals surface area contributed by atoms with E-state index >= 15 is 0 Å². The van der Waals surface area contributed by atoms with Crippen molar-refractivity contribution >= 4 is 18.1 Å². The number of non-ortho nitro benzene ring substituents is 1. The molecule has 4 aliphatic rings. The van der Waals surface area contributed by atoms with Gasteiger partial charge in [-0.2, -0.15) is 0 Å². The van der Waals surface area contributed by atoms with Crippen LogP contribution < -0.4 is 4.74 Å². The molecule has 2 aromatic rings. The van der Waals surface area contributed by atoms with E-state index in [4.69, 9.17) is 4.74 Å². The normalized spacial score (nSPS) is 30.3. The highest BCUT2D eigenvalue weighted by molar-refractivity contribution is 5.85. The molecule has 1 N–H and O–H groups in total. The Kier molecular flexibility index (Phi) is 6.11. The molecular weight excluding hydrogens is 452 g/mol. The van der Waals surface area contributed by atoms with Crippen molar-refractivity contribution in [3.8, 4) is 11.5 Å². The van der Waals surface area contributed by atoms with Crippen LogP contribution in [0.4, 0.5) is 5.69 Å². The lowest BCUT2D eigenvalue weighted by atomic mass is 9.49. The minimum atomic E-state index is -0.674. The molecule has 6 nitrogen and oxygen atoms in total. The number of aliphatic hydroxyl groups is 1. The second-order valence-electron chi connectivity index (χ2n) is 10.6. The van der Waals surface area contributed by atoms with Crippen LogP contribution in [0.3, 0.4) is 0 Å². The highest BCUT2D eigenvalue weighted by Gasteiger charge is 2.63. The summed E-state index contributed by atoms with van der Waals surface area (Å²) in [5, 5.41) is 23.2. The molecule has 3 fully saturated rings. The predicted molar refractivity (Wildman–Crippen MR) is 133 cm³/mol. The van der Waals surface area contributed by atoms with Crippen LogP contribution in [0.25, 0.3) is 0 Å². The van der Waals surface area contributed by atoms with Gasteiger partial charge in [-0.25, -0.2) is 0 Å². The van der Waals surface area contributed by atoms with Crippen LogP contribution in [-0.2, 0) is 11.8 Å². The molecule has 7 heteroatoms. The second-order valence-corrected chi connectivity index (χ2v) is 10.6. The van der Waals surface area contributed by atoms with Gasteiger partial charge in [-0.15, -0.1) is 12.4 Å². The minimum Gasteiger partial charge on any atom is -0.457 e. The van der Waals surface area contributed by atoms with Crippen LogP contribution in [0.15, 0.2) is 42.5 Å². The first-order chi connectivity index (χ1) is 16.0. The standard InChI is InChI=1S/C27H32N2O4.ClH/c30-27-13-2-1-12-26(27)14-15-28(18-19-4-3-5-19)25(27)16-20-6-9-23(17-24(20)26)33-22-10-7-21(8-11-22)29(31)32;/h6-11,17,19,25,30H,1-5,12-16,18H2;1H/t25-,26+,27-;/m1./s1. The molecule has 0 spiro atoms. The quantitative estimate of drug-likeness (QED) is 0.430. The van der Waals surface area contributed by atoms with Crippen molar-refractivity contribution in [2.24, 2.45) is 5.92 Å². The lowest BCUT2D eigenvalue weighted by Gasteiger charge is -2.64. The van der Waals surface area contributed by atoms with Crippen molar-refractivity contribution in [1.82, 2.24) is 4.90 Å². The van der Waals surface area contributed by atoms with E-state index in [-0.39, 0.29) is 29.6 Å². The van der Waals surface area contributed by atoms with Gasteiger partial charge in [-0.3, -0.25) is 15.0 Å². The monoisotopic (exact) mass is 484 g/mol. The number of benzene rings is 2. The molecule has 2 saturated carbocycles. The Morgan fingerprint density at radius 1 is 1.03 bits per heavy atom. The average Bonchev–Trinajstić information content (AvgIpc) is 2.78. The first-order valence-corrected chi connectivity index (χ1v) is 12.5. The third kappa shape index (κ3) is 3.62. The van der Waals surface area contributed by atoms with E-state index in [9.17, 15) is 15.2 Å². The van der Waals surface area contributed by atoms with Crippen LogP contribution in [0.2, 0.25) is 0 Å². The lowest BCUT2D eigenvalue weighted by Crippen LogP contribution is -2.72. The number of ether oxygens (including phenoxy) is 1. The van der Waals surface area contributed by atoms with Crippen molar-refractivity contribution in [2.75, 3.05) is 13.1 Å². The molecule has 2 bridgehead atoms. The Bertz CT molecular complexity index is 1070. The molecule has 1 aliphatic heterocycles. The molecule has 0 radical (unpaired) electrons. The number of fused-ring (bicyclic) bond motifs is 1. The van der Waals surface area contributed by atoms with E-state index in [0.717, 1.165) is 63.3 Å². The zero-order valence-electron chi connectivity index (χ0n) is 19.4. The van der Waals surface area contributed by atoms with Gasteiger partial charge in [-0.1, -0.05) is 25.3 Å². The number of rotatable bonds is 5. The Hall–Kier alpha value is -2.15. The molecular formula is C27H33ClN2O4. The van der Waals surface area contributed by atoms with Crippen molar-refractivity contribution in [1.29, 1.82) is 0 Å². The molecule has 3 aliphatic carbocycles. The summed E-state index contributed by atoms with van der Waals surface area (Å²) in [6, 6.07) is 12.8. The summed E-state index contributed by atoms with van der Waals surface area (Å²) in [5.41, 5.74) is 1.80. The number of halogens is 1. The van der Waals surface area contributed by atoms with Gasteiger partial charge in [0.2, 0.25) is 0 Å². The largest absolute Gasteiger partial charge is 0.457 e. The number of piperidine rings is 1. The van der Waals surface area contributed by atoms with Crippen LogP contribution >= 0.6 is 12.4 Å². The maximum atomic E-state index is 12.3. The van der Waals surface area contributed by atoms with E-state index in [2.05, 4.69) is 17.0 Å². The second kappa shape index (κ2) is 8.81. The fourth-order valence-corrected chi connectivity index (χ4v) is 7.15. The summed E-state index contributed by atoms with van der Waals surface area (Å²) in [4.78, 5) is 13.2. The Morgan fingerprint density at radius 2 is 1.76 bits per heavy atom. The molecule has 0 amide bonds. The van der Waals surface area contributed by atoms with Gasteiger partial charge in [0.25, 0.3) is 5.69 Å². The highest BCUT2D eigenvalue weighted by Crippen LogP contribution is 2.58. The number of hydrogen-bond acceptors (Lipinski definition) is 5. The number of nitro benzene ring substituents is 1. The zero-order valence-corrected chi connectivity index (χ0v) is 20.3. The maximum Gasteiger partial charge on any atom is 0.269 e. The maximum absolute atomic E-state index is 12.3. The van der Waals surface area contributed by atoms with Crippen LogP contribution in [0, 0.1) is 16.0 Å². The van der Waals surface area contributed by atoms with Crippen molar-refractivity contribution in [3.05, 3.63) is 63.7 Å². The van der Waals surface area contributed by atoms with Gasteiger partial charge >= 0.3 is 0 Å². The zero-order chi connectivity index (χ0) is 22.6. The lowest BCUT2D eigenvalue weighted by molar-refractivity contribution is -0.384. The summed E-state index contributed by atoms with van der Waals surface area (Å²) in [5.74, 6) is 2.13. The third-order valence-electron chi connectivity index (χ3n) is 9.07. The Labute approximate surface area is 206 Å². The predicted octanol–water partition coefficient (Wildman–Crippen LogP) is 5.78. The SMILES string of the molecule is Cl.O=[N+]([O-])c1ccc(Oc2ccc3c(c2)[C@@]24CCCC[C@@]2(O)[C@@H](C3)N(CC2CCC2)CC4)cc1. The molecule has 1 heterocycles. The van der Waals surface area contributed by atoms with Crippen LogP contribution in [-0.4, -0.2) is 39.7 Å². The summed E-state index contributed by atoms with van der Waals surface area (Å²) in [7, 11) is 0. The highest BCUT2D eigenvalue weighted by atomic mass is 35.5. The summed E-state index contributed by atoms with van der Waals surface area (Å²) < 4.78 is 6.11. The first kappa shape index (κ1) is 23.6. The smallest absolute Gasteiger partial charge is 0.269 e. The van der Waals surface area contributed by atoms with Gasteiger partial charge in [0.05, 0.1) is 10.5 Å². The van der Waals surface area contributed by atoms with Gasteiger partial charge in [-0.05, 0) is 86.4 Å². The van der Waals surface area contributed by atoms with Gasteiger partial charge < -0.3 is 9.84 Å². The first-order valence-electron chi connectivity index (χ1n) is 12.5. The molecule has 3 atom stereocenters. The number of nitrogens with zero attached hydrogens (tertiary/aromatic N) is 2. The van der Waals surface area contributed by atoms with Gasteiger partial charge in [0.15, 0.2) is 0 Å². The Balaban J connectivity index is 0.00000241. The van der Waals surface area contributed by atoms with E-state index in [1.807, 2.05) is 6.07 Å². The Morgan fingerprint density at radius 3 is 2.47 bits per heavy atom. The summed E-state index contributed by atoms with van der Waals surface area (Å²) in [6.07, 6.45) is 10.1. The fraction of sp³-hybridized carbons (Fsp3) is 0.556. The van der Waals surface area contributed by atoms with Gasteiger partial charge in [0, 0.05) is 30.1 Å². The molecule has 2 aromatic carbocycles. The summed E-state index contributed by atoms with van der Waals surface area (Å²) in [6.45, 7) is 2.20. The van der Waals surface area contributed by atoms with Crippen molar-refractivity contribution < 1.29 is 14.8 Å². The molecule has 1 saturated heterocycles. The van der Waals surface area contributed by atoms with E-state index in [0.29, 0.717) is 5.75 Å². The van der Waals surface area contributed by atoms with E-state index in [1.165, 1.54) is 42.5 Å². The van der Waals surface area contributed by atoms with Gasteiger partial charge in [0.1, 0.15) is 11.5 Å². The van der Waals surface area contributed by atoms with E-state index < -0.39 is 10.5 Å². The number of nitro groups is 1. The van der Waals surface area contributed by atoms with Crippen LogP contribution in [0.5, 0.6) is 11.5 Å². The molecule has 0 unspecified atom stereocenters. The number of hydrogen-bond donors (Lipinski definition) is 1. The fourth-order valence-electron chi connectivity index (χ4n) is 7.15. The van der Waals surface area contributed by atoms with E-state index in [1.54, 1.807) is 12.1 Å². The molecule has 34 heavy (non-hydrogen) atoms.